The number of rotatable bonds is 8. The van der Waals surface area contributed by atoms with Crippen molar-refractivity contribution >= 4 is 16.8 Å². The van der Waals surface area contributed by atoms with Gasteiger partial charge in [-0.1, -0.05) is 36.4 Å². The fraction of sp³-hybridized carbons (Fsp3) is 0.192. The van der Waals surface area contributed by atoms with Crippen LogP contribution in [-0.2, 0) is 11.3 Å². The molecule has 1 heterocycles. The SMILES string of the molecule is COCCNC(=O)c1ccc(Cn2c(=O)n(-c3ccccc3OC)c(=O)c3ccccc32)cc1. The lowest BCUT2D eigenvalue weighted by atomic mass is 10.1. The predicted molar refractivity (Wildman–Crippen MR) is 130 cm³/mol. The summed E-state index contributed by atoms with van der Waals surface area (Å²) < 4.78 is 13.0. The largest absolute Gasteiger partial charge is 0.495 e. The first-order valence-electron chi connectivity index (χ1n) is 10.8. The Hall–Kier alpha value is -4.17. The van der Waals surface area contributed by atoms with E-state index in [9.17, 15) is 14.4 Å². The number of carbonyl (C=O) groups is 1. The van der Waals surface area contributed by atoms with E-state index in [2.05, 4.69) is 5.32 Å². The van der Waals surface area contributed by atoms with Crippen LogP contribution in [0.4, 0.5) is 0 Å². The molecule has 0 aliphatic rings. The van der Waals surface area contributed by atoms with Gasteiger partial charge in [0.05, 0.1) is 36.9 Å². The Labute approximate surface area is 196 Å². The number of nitrogens with one attached hydrogen (secondary N) is 1. The van der Waals surface area contributed by atoms with Crippen LogP contribution < -0.4 is 21.3 Å². The van der Waals surface area contributed by atoms with Crippen LogP contribution >= 0.6 is 0 Å². The van der Waals surface area contributed by atoms with Gasteiger partial charge >= 0.3 is 5.69 Å². The third-order valence-corrected chi connectivity index (χ3v) is 5.53. The Balaban J connectivity index is 1.77. The van der Waals surface area contributed by atoms with E-state index >= 15 is 0 Å². The van der Waals surface area contributed by atoms with E-state index < -0.39 is 11.2 Å². The molecule has 0 aliphatic carbocycles. The minimum atomic E-state index is -0.477. The molecule has 8 heteroatoms. The van der Waals surface area contributed by atoms with Crippen molar-refractivity contribution in [3.8, 4) is 11.4 Å². The molecule has 0 saturated heterocycles. The monoisotopic (exact) mass is 459 g/mol. The Morgan fingerprint density at radius 2 is 1.62 bits per heavy atom. The summed E-state index contributed by atoms with van der Waals surface area (Å²) >= 11 is 0. The highest BCUT2D eigenvalue weighted by Gasteiger charge is 2.17. The third kappa shape index (κ3) is 4.49. The van der Waals surface area contributed by atoms with Crippen molar-refractivity contribution < 1.29 is 14.3 Å². The van der Waals surface area contributed by atoms with Gasteiger partial charge < -0.3 is 14.8 Å². The number of para-hydroxylation sites is 3. The molecule has 0 bridgehead atoms. The molecule has 4 rings (SSSR count). The van der Waals surface area contributed by atoms with Gasteiger partial charge in [-0.15, -0.1) is 0 Å². The van der Waals surface area contributed by atoms with E-state index in [1.54, 1.807) is 84.5 Å². The van der Waals surface area contributed by atoms with Gasteiger partial charge in [-0.2, -0.15) is 0 Å². The van der Waals surface area contributed by atoms with Crippen molar-refractivity contribution in [3.05, 3.63) is 105 Å². The second-order valence-corrected chi connectivity index (χ2v) is 7.64. The lowest BCUT2D eigenvalue weighted by Crippen LogP contribution is -2.39. The summed E-state index contributed by atoms with van der Waals surface area (Å²) in [7, 11) is 3.07. The standard InChI is InChI=1S/C26H25N3O5/c1-33-16-15-27-24(30)19-13-11-18(12-14-19)17-28-21-8-4-3-7-20(21)25(31)29(26(28)32)22-9-5-6-10-23(22)34-2/h3-14H,15-17H2,1-2H3,(H,27,30). The fourth-order valence-electron chi connectivity index (χ4n) is 3.81. The van der Waals surface area contributed by atoms with E-state index in [-0.39, 0.29) is 12.5 Å². The summed E-state index contributed by atoms with van der Waals surface area (Å²) in [5.74, 6) is 0.225. The zero-order chi connectivity index (χ0) is 24.1. The average molecular weight is 460 g/mol. The summed E-state index contributed by atoms with van der Waals surface area (Å²) in [6, 6.07) is 20.9. The average Bonchev–Trinajstić information content (AvgIpc) is 2.87. The van der Waals surface area contributed by atoms with Crippen molar-refractivity contribution in [2.75, 3.05) is 27.4 Å². The summed E-state index contributed by atoms with van der Waals surface area (Å²) in [6.07, 6.45) is 0. The number of nitrogens with zero attached hydrogens (tertiary/aromatic N) is 2. The van der Waals surface area contributed by atoms with Crippen LogP contribution in [0.2, 0.25) is 0 Å². The summed E-state index contributed by atoms with van der Waals surface area (Å²) in [6.45, 7) is 1.07. The Morgan fingerprint density at radius 1 is 0.912 bits per heavy atom. The Morgan fingerprint density at radius 3 is 2.35 bits per heavy atom. The minimum Gasteiger partial charge on any atom is -0.495 e. The van der Waals surface area contributed by atoms with Crippen LogP contribution in [-0.4, -0.2) is 42.4 Å². The van der Waals surface area contributed by atoms with E-state index in [0.717, 1.165) is 10.1 Å². The number of fused-ring (bicyclic) bond motifs is 1. The molecule has 174 valence electrons. The molecule has 1 aromatic heterocycles. The molecule has 0 saturated carbocycles. The molecule has 0 aliphatic heterocycles. The van der Waals surface area contributed by atoms with E-state index in [1.165, 1.54) is 7.11 Å². The number of amides is 1. The number of benzene rings is 3. The molecule has 0 atom stereocenters. The molecular weight excluding hydrogens is 434 g/mol. The molecule has 3 aromatic carbocycles. The minimum absolute atomic E-state index is 0.198. The lowest BCUT2D eigenvalue weighted by Gasteiger charge is -2.16. The van der Waals surface area contributed by atoms with Gasteiger partial charge in [0.2, 0.25) is 0 Å². The van der Waals surface area contributed by atoms with Crippen LogP contribution in [0.15, 0.2) is 82.4 Å². The molecule has 0 fully saturated rings. The molecule has 0 unspecified atom stereocenters. The number of ether oxygens (including phenoxy) is 2. The van der Waals surface area contributed by atoms with Crippen molar-refractivity contribution in [3.63, 3.8) is 0 Å². The first-order valence-corrected chi connectivity index (χ1v) is 10.8. The zero-order valence-electron chi connectivity index (χ0n) is 19.0. The maximum absolute atomic E-state index is 13.6. The maximum atomic E-state index is 13.6. The molecule has 1 N–H and O–H groups in total. The first kappa shape index (κ1) is 23.0. The Kier molecular flexibility index (Phi) is 6.89. The van der Waals surface area contributed by atoms with Gasteiger partial charge in [0.15, 0.2) is 0 Å². The van der Waals surface area contributed by atoms with Gasteiger partial charge in [-0.25, -0.2) is 9.36 Å². The zero-order valence-corrected chi connectivity index (χ0v) is 19.0. The molecule has 0 spiro atoms. The van der Waals surface area contributed by atoms with E-state index in [0.29, 0.717) is 41.1 Å². The molecule has 8 nitrogen and oxygen atoms in total. The second-order valence-electron chi connectivity index (χ2n) is 7.64. The van der Waals surface area contributed by atoms with Gasteiger partial charge in [-0.3, -0.25) is 14.2 Å². The number of methoxy groups -OCH3 is 2. The van der Waals surface area contributed by atoms with Crippen molar-refractivity contribution in [1.82, 2.24) is 14.5 Å². The number of hydrogen-bond acceptors (Lipinski definition) is 5. The summed E-state index contributed by atoms with van der Waals surface area (Å²) in [5.41, 5.74) is 1.34. The van der Waals surface area contributed by atoms with E-state index in [4.69, 9.17) is 9.47 Å². The Bertz CT molecular complexity index is 1440. The number of carbonyl (C=O) groups excluding carboxylic acids is 1. The predicted octanol–water partition coefficient (Wildman–Crippen LogP) is 2.59. The number of hydrogen-bond donors (Lipinski definition) is 1. The normalized spacial score (nSPS) is 10.9. The topological polar surface area (TPSA) is 91.6 Å². The summed E-state index contributed by atoms with van der Waals surface area (Å²) in [4.78, 5) is 39.1. The van der Waals surface area contributed by atoms with Crippen LogP contribution in [0, 0.1) is 0 Å². The van der Waals surface area contributed by atoms with Crippen LogP contribution in [0.3, 0.4) is 0 Å². The lowest BCUT2D eigenvalue weighted by molar-refractivity contribution is 0.0937. The number of aromatic nitrogens is 2. The molecule has 34 heavy (non-hydrogen) atoms. The third-order valence-electron chi connectivity index (χ3n) is 5.53. The van der Waals surface area contributed by atoms with Gasteiger partial charge in [0.1, 0.15) is 5.75 Å². The highest BCUT2D eigenvalue weighted by Crippen LogP contribution is 2.20. The smallest absolute Gasteiger partial charge is 0.336 e. The second kappa shape index (κ2) is 10.2. The van der Waals surface area contributed by atoms with Gasteiger partial charge in [0, 0.05) is 19.2 Å². The highest BCUT2D eigenvalue weighted by atomic mass is 16.5. The molecule has 1 amide bonds. The quantitative estimate of drug-likeness (QED) is 0.409. The summed E-state index contributed by atoms with van der Waals surface area (Å²) in [5, 5.41) is 3.19. The van der Waals surface area contributed by atoms with E-state index in [1.807, 2.05) is 0 Å². The van der Waals surface area contributed by atoms with Gasteiger partial charge in [-0.05, 0) is 42.0 Å². The highest BCUT2D eigenvalue weighted by molar-refractivity contribution is 5.94. The maximum Gasteiger partial charge on any atom is 0.336 e. The fourth-order valence-corrected chi connectivity index (χ4v) is 3.81. The first-order chi connectivity index (χ1) is 16.5. The van der Waals surface area contributed by atoms with Gasteiger partial charge in [0.25, 0.3) is 11.5 Å². The van der Waals surface area contributed by atoms with Crippen molar-refractivity contribution in [1.29, 1.82) is 0 Å². The van der Waals surface area contributed by atoms with Crippen LogP contribution in [0.1, 0.15) is 15.9 Å². The van der Waals surface area contributed by atoms with Crippen molar-refractivity contribution in [2.24, 2.45) is 0 Å². The van der Waals surface area contributed by atoms with Crippen LogP contribution in [0.5, 0.6) is 5.75 Å². The molecule has 4 aromatic rings. The van der Waals surface area contributed by atoms with Crippen molar-refractivity contribution in [2.45, 2.75) is 6.54 Å². The molecule has 0 radical (unpaired) electrons. The van der Waals surface area contributed by atoms with Crippen LogP contribution in [0.25, 0.3) is 16.6 Å². The molecular formula is C26H25N3O5.